The molecule has 25 heavy (non-hydrogen) atoms. The third kappa shape index (κ3) is 8.29. The van der Waals surface area contributed by atoms with Gasteiger partial charge in [0.05, 0.1) is 13.2 Å². The summed E-state index contributed by atoms with van der Waals surface area (Å²) in [6.45, 7) is 19.5. The fourth-order valence-electron chi connectivity index (χ4n) is 1.76. The number of hydroxylamine groups is 2. The zero-order chi connectivity index (χ0) is 20.1. The molecule has 150 valence electrons. The van der Waals surface area contributed by atoms with E-state index in [4.69, 9.17) is 18.4 Å². The van der Waals surface area contributed by atoms with Crippen LogP contribution in [0.3, 0.4) is 0 Å². The Bertz CT molecular complexity index is 410. The van der Waals surface area contributed by atoms with Crippen molar-refractivity contribution >= 4 is 14.6 Å². The molecule has 0 aliphatic carbocycles. The van der Waals surface area contributed by atoms with Crippen molar-refractivity contribution in [3.63, 3.8) is 0 Å². The molecule has 0 amide bonds. The van der Waals surface area contributed by atoms with Crippen molar-refractivity contribution in [1.29, 1.82) is 0 Å². The molecule has 0 rings (SSSR count). The summed E-state index contributed by atoms with van der Waals surface area (Å²) in [7, 11) is -1.57. The molecule has 0 saturated carbocycles. The summed E-state index contributed by atoms with van der Waals surface area (Å²) >= 11 is 0. The highest BCUT2D eigenvalue weighted by Gasteiger charge is 2.45. The van der Waals surface area contributed by atoms with Crippen LogP contribution in [0.4, 0.5) is 0 Å². The average molecular weight is 381 g/mol. The summed E-state index contributed by atoms with van der Waals surface area (Å²) in [6, 6.07) is 0. The van der Waals surface area contributed by atoms with Crippen LogP contribution < -0.4 is 0 Å². The third-order valence-corrected chi connectivity index (χ3v) is 4.42. The van der Waals surface area contributed by atoms with Crippen LogP contribution in [0.25, 0.3) is 0 Å². The Kier molecular flexibility index (Phi) is 9.47. The molecular weight excluding hydrogens is 345 g/mol. The highest BCUT2D eigenvalue weighted by Crippen LogP contribution is 2.46. The highest BCUT2D eigenvalue weighted by atomic mass is 31.2. The average Bonchev–Trinajstić information content (AvgIpc) is 2.40. The van der Waals surface area contributed by atoms with Gasteiger partial charge in [-0.2, -0.15) is 5.06 Å². The molecule has 0 aromatic rings. The van der Waals surface area contributed by atoms with E-state index >= 15 is 0 Å². The SMILES string of the molecule is CCOP(OCC)OC(N(OC(C)(C)C(=O)O)C(C)(C)C)C(C)(C)C. The van der Waals surface area contributed by atoms with Crippen molar-refractivity contribution < 1.29 is 28.3 Å². The Labute approximate surface area is 153 Å². The van der Waals surface area contributed by atoms with E-state index in [2.05, 4.69) is 0 Å². The minimum absolute atomic E-state index is 0.378. The molecule has 8 heteroatoms. The van der Waals surface area contributed by atoms with Gasteiger partial charge in [0.1, 0.15) is 6.23 Å². The van der Waals surface area contributed by atoms with Crippen molar-refractivity contribution in [1.82, 2.24) is 5.06 Å². The minimum atomic E-state index is -1.57. The first kappa shape index (κ1) is 24.7. The monoisotopic (exact) mass is 381 g/mol. The number of carboxylic acid groups (broad SMARTS) is 1. The molecule has 1 atom stereocenters. The van der Waals surface area contributed by atoms with E-state index < -0.39 is 31.9 Å². The van der Waals surface area contributed by atoms with Gasteiger partial charge in [0.25, 0.3) is 0 Å². The van der Waals surface area contributed by atoms with Gasteiger partial charge in [-0.05, 0) is 48.5 Å². The summed E-state index contributed by atoms with van der Waals surface area (Å²) in [6.07, 6.45) is -0.574. The number of rotatable bonds is 10. The first-order valence-electron chi connectivity index (χ1n) is 8.61. The van der Waals surface area contributed by atoms with Gasteiger partial charge in [0, 0.05) is 11.0 Å². The maximum atomic E-state index is 11.5. The van der Waals surface area contributed by atoms with E-state index in [0.29, 0.717) is 13.2 Å². The van der Waals surface area contributed by atoms with Crippen LogP contribution >= 0.6 is 8.60 Å². The Morgan fingerprint density at radius 3 is 1.72 bits per heavy atom. The van der Waals surface area contributed by atoms with E-state index in [0.717, 1.165) is 0 Å². The standard InChI is InChI=1S/C17H36NO6P/c1-11-21-25(22-12-2)23-13(15(3,4)5)18(16(6,7)8)24-17(9,10)14(19)20/h13H,11-12H2,1-10H3,(H,19,20). The molecule has 0 aliphatic heterocycles. The molecule has 0 bridgehead atoms. The van der Waals surface area contributed by atoms with Crippen LogP contribution in [0.15, 0.2) is 0 Å². The number of hydrogen-bond donors (Lipinski definition) is 1. The van der Waals surface area contributed by atoms with E-state index in [9.17, 15) is 9.90 Å². The van der Waals surface area contributed by atoms with E-state index in [1.165, 1.54) is 13.8 Å². The Morgan fingerprint density at radius 1 is 1.00 bits per heavy atom. The van der Waals surface area contributed by atoms with E-state index in [-0.39, 0.29) is 5.41 Å². The summed E-state index contributed by atoms with van der Waals surface area (Å²) < 4.78 is 17.3. The van der Waals surface area contributed by atoms with Crippen molar-refractivity contribution in [2.45, 2.75) is 86.6 Å². The molecule has 0 heterocycles. The maximum absolute atomic E-state index is 11.5. The van der Waals surface area contributed by atoms with Crippen LogP contribution in [0, 0.1) is 5.41 Å². The molecule has 0 aromatic heterocycles. The van der Waals surface area contributed by atoms with Crippen molar-refractivity contribution in [3.8, 4) is 0 Å². The molecule has 1 unspecified atom stereocenters. The topological polar surface area (TPSA) is 77.5 Å². The third-order valence-electron chi connectivity index (χ3n) is 3.11. The van der Waals surface area contributed by atoms with Crippen LogP contribution in [0.2, 0.25) is 0 Å². The van der Waals surface area contributed by atoms with E-state index in [1.807, 2.05) is 55.4 Å². The number of hydrogen-bond acceptors (Lipinski definition) is 6. The molecule has 1 N–H and O–H groups in total. The number of carboxylic acids is 1. The lowest BCUT2D eigenvalue weighted by Gasteiger charge is -2.47. The van der Waals surface area contributed by atoms with Crippen molar-refractivity contribution in [2.24, 2.45) is 5.41 Å². The van der Waals surface area contributed by atoms with Crippen molar-refractivity contribution in [3.05, 3.63) is 0 Å². The predicted molar refractivity (Wildman–Crippen MR) is 98.9 cm³/mol. The summed E-state index contributed by atoms with van der Waals surface area (Å²) in [5.74, 6) is -1.05. The summed E-state index contributed by atoms with van der Waals surface area (Å²) in [5, 5.41) is 11.1. The van der Waals surface area contributed by atoms with Crippen LogP contribution in [-0.2, 0) is 23.2 Å². The molecular formula is C17H36NO6P. The second-order valence-corrected chi connectivity index (χ2v) is 9.46. The lowest BCUT2D eigenvalue weighted by molar-refractivity contribution is -0.334. The van der Waals surface area contributed by atoms with Gasteiger partial charge in [-0.3, -0.25) is 9.36 Å². The number of aliphatic carboxylic acids is 1. The highest BCUT2D eigenvalue weighted by molar-refractivity contribution is 7.41. The van der Waals surface area contributed by atoms with Gasteiger partial charge in [-0.1, -0.05) is 20.8 Å². The van der Waals surface area contributed by atoms with Gasteiger partial charge in [0.15, 0.2) is 5.60 Å². The van der Waals surface area contributed by atoms with Crippen LogP contribution in [0.5, 0.6) is 0 Å². The smallest absolute Gasteiger partial charge is 0.337 e. The van der Waals surface area contributed by atoms with Gasteiger partial charge < -0.3 is 14.2 Å². The first-order chi connectivity index (χ1) is 11.2. The second kappa shape index (κ2) is 9.58. The lowest BCUT2D eigenvalue weighted by atomic mass is 9.92. The number of nitrogens with zero attached hydrogens (tertiary/aromatic N) is 1. The fraction of sp³-hybridized carbons (Fsp3) is 0.941. The van der Waals surface area contributed by atoms with E-state index in [1.54, 1.807) is 5.06 Å². The Balaban J connectivity index is 5.76. The Hall–Kier alpha value is -0.300. The lowest BCUT2D eigenvalue weighted by Crippen LogP contribution is -2.58. The first-order valence-corrected chi connectivity index (χ1v) is 9.71. The molecule has 7 nitrogen and oxygen atoms in total. The Morgan fingerprint density at radius 2 is 1.44 bits per heavy atom. The largest absolute Gasteiger partial charge is 0.479 e. The van der Waals surface area contributed by atoms with Crippen LogP contribution in [0.1, 0.15) is 69.2 Å². The predicted octanol–water partition coefficient (Wildman–Crippen LogP) is 4.57. The van der Waals surface area contributed by atoms with Crippen LogP contribution in [-0.4, -0.2) is 46.7 Å². The second-order valence-electron chi connectivity index (χ2n) is 8.29. The van der Waals surface area contributed by atoms with Crippen molar-refractivity contribution in [2.75, 3.05) is 13.2 Å². The fourth-order valence-corrected chi connectivity index (χ4v) is 2.95. The number of carbonyl (C=O) groups is 1. The molecule has 0 radical (unpaired) electrons. The molecule has 0 aromatic carbocycles. The van der Waals surface area contributed by atoms with Gasteiger partial charge in [0.2, 0.25) is 0 Å². The zero-order valence-electron chi connectivity index (χ0n) is 17.4. The zero-order valence-corrected chi connectivity index (χ0v) is 18.3. The molecule has 0 spiro atoms. The summed E-state index contributed by atoms with van der Waals surface area (Å²) in [4.78, 5) is 17.5. The quantitative estimate of drug-likeness (QED) is 0.337. The van der Waals surface area contributed by atoms with Gasteiger partial charge in [-0.25, -0.2) is 4.79 Å². The summed E-state index contributed by atoms with van der Waals surface area (Å²) in [5.41, 5.74) is -2.29. The normalized spacial score (nSPS) is 15.0. The van der Waals surface area contributed by atoms with Gasteiger partial charge >= 0.3 is 14.6 Å². The minimum Gasteiger partial charge on any atom is -0.479 e. The molecule has 0 fully saturated rings. The maximum Gasteiger partial charge on any atom is 0.337 e. The van der Waals surface area contributed by atoms with Gasteiger partial charge in [-0.15, -0.1) is 0 Å². The molecule has 0 saturated heterocycles. The molecule has 0 aliphatic rings.